The second-order valence-electron chi connectivity index (χ2n) is 4.61. The lowest BCUT2D eigenvalue weighted by Crippen LogP contribution is -2.34. The highest BCUT2D eigenvalue weighted by Gasteiger charge is 2.26. The van der Waals surface area contributed by atoms with Gasteiger partial charge in [0.15, 0.2) is 0 Å². The molecule has 1 aromatic rings. The molecule has 2 rings (SSSR count). The maximum Gasteiger partial charge on any atom is 0.282 e. The van der Waals surface area contributed by atoms with Gasteiger partial charge < -0.3 is 15.7 Å². The molecule has 2 unspecified atom stereocenters. The van der Waals surface area contributed by atoms with Crippen molar-refractivity contribution in [1.29, 1.82) is 0 Å². The fraction of sp³-hybridized carbons (Fsp3) is 0.417. The normalized spacial score (nSPS) is 20.7. The number of carbonyl (C=O) groups excluding carboxylic acids is 1. The second kappa shape index (κ2) is 7.30. The number of nitro groups is 1. The van der Waals surface area contributed by atoms with Gasteiger partial charge >= 0.3 is 0 Å². The third-order valence-electron chi connectivity index (χ3n) is 3.23. The third-order valence-corrected chi connectivity index (χ3v) is 3.23. The quantitative estimate of drug-likeness (QED) is 0.552. The average Bonchev–Trinajstić information content (AvgIpc) is 2.81. The Kier molecular flexibility index (Phi) is 6.01. The molecule has 116 valence electrons. The summed E-state index contributed by atoms with van der Waals surface area (Å²) in [4.78, 5) is 22.0. The number of β-amino-alcohol motifs (C(OH)–C–C–N with tert-alkyl or cyclic N) is 1. The van der Waals surface area contributed by atoms with Crippen LogP contribution in [0.5, 0.6) is 0 Å². The summed E-state index contributed by atoms with van der Waals surface area (Å²) in [5.41, 5.74) is -0.774. The lowest BCUT2D eigenvalue weighted by Gasteiger charge is -2.14. The number of carbonyl (C=O) groups is 1. The molecule has 1 aliphatic rings. The Balaban J connectivity index is 0.00000220. The van der Waals surface area contributed by atoms with Crippen molar-refractivity contribution in [3.63, 3.8) is 0 Å². The highest BCUT2D eigenvalue weighted by atomic mass is 35.5. The molecule has 1 aliphatic heterocycles. The average molecular weight is 320 g/mol. The number of benzene rings is 1. The minimum atomic E-state index is -0.736. The Morgan fingerprint density at radius 3 is 2.81 bits per heavy atom. The van der Waals surface area contributed by atoms with Gasteiger partial charge in [-0.05, 0) is 12.1 Å². The molecule has 0 bridgehead atoms. The molecule has 3 N–H and O–H groups in total. The molecule has 0 radical (unpaired) electrons. The van der Waals surface area contributed by atoms with Gasteiger partial charge in [0.2, 0.25) is 0 Å². The van der Waals surface area contributed by atoms with E-state index in [1.54, 1.807) is 0 Å². The van der Waals surface area contributed by atoms with E-state index in [2.05, 4.69) is 10.6 Å². The van der Waals surface area contributed by atoms with E-state index in [0.717, 1.165) is 18.2 Å². The molecule has 2 atom stereocenters. The molecular weight excluding hydrogens is 305 g/mol. The van der Waals surface area contributed by atoms with Crippen molar-refractivity contribution in [2.24, 2.45) is 5.92 Å². The van der Waals surface area contributed by atoms with Crippen LogP contribution in [0.25, 0.3) is 0 Å². The Morgan fingerprint density at radius 2 is 2.24 bits per heavy atom. The molecule has 0 saturated carbocycles. The number of nitro benzene ring substituents is 1. The van der Waals surface area contributed by atoms with Crippen LogP contribution < -0.4 is 10.6 Å². The minimum Gasteiger partial charge on any atom is -0.391 e. The number of rotatable bonds is 4. The highest BCUT2D eigenvalue weighted by molar-refractivity contribution is 5.98. The minimum absolute atomic E-state index is 0. The van der Waals surface area contributed by atoms with Gasteiger partial charge in [0.1, 0.15) is 11.4 Å². The predicted molar refractivity (Wildman–Crippen MR) is 75.0 cm³/mol. The van der Waals surface area contributed by atoms with Crippen LogP contribution in [0.4, 0.5) is 10.1 Å². The van der Waals surface area contributed by atoms with Crippen LogP contribution in [0.3, 0.4) is 0 Å². The molecule has 1 saturated heterocycles. The molecule has 7 nitrogen and oxygen atoms in total. The Labute approximate surface area is 126 Å². The summed E-state index contributed by atoms with van der Waals surface area (Å²) in [6.45, 7) is 1.16. The first kappa shape index (κ1) is 17.3. The van der Waals surface area contributed by atoms with Crippen molar-refractivity contribution in [3.8, 4) is 0 Å². The number of halogens is 2. The van der Waals surface area contributed by atoms with Crippen LogP contribution in [0, 0.1) is 21.8 Å². The van der Waals surface area contributed by atoms with Gasteiger partial charge in [-0.3, -0.25) is 14.9 Å². The molecule has 9 heteroatoms. The van der Waals surface area contributed by atoms with Gasteiger partial charge in [-0.15, -0.1) is 12.4 Å². The third kappa shape index (κ3) is 4.10. The van der Waals surface area contributed by atoms with Crippen molar-refractivity contribution < 1.29 is 19.2 Å². The van der Waals surface area contributed by atoms with Crippen LogP contribution in [0.1, 0.15) is 10.4 Å². The van der Waals surface area contributed by atoms with Crippen LogP contribution >= 0.6 is 12.4 Å². The molecule has 1 fully saturated rings. The number of amides is 1. The fourth-order valence-electron chi connectivity index (χ4n) is 2.10. The zero-order chi connectivity index (χ0) is 14.7. The number of nitrogens with one attached hydrogen (secondary N) is 2. The molecular formula is C12H15ClFN3O4. The SMILES string of the molecule is Cl.O=C(NCC1CNCC1O)c1cc(F)ccc1[N+](=O)[O-]. The number of aliphatic hydroxyl groups is 1. The van der Waals surface area contributed by atoms with Gasteiger partial charge in [0.05, 0.1) is 11.0 Å². The largest absolute Gasteiger partial charge is 0.391 e. The van der Waals surface area contributed by atoms with E-state index in [0.29, 0.717) is 13.1 Å². The van der Waals surface area contributed by atoms with Crippen molar-refractivity contribution >= 4 is 24.0 Å². The van der Waals surface area contributed by atoms with E-state index in [9.17, 15) is 24.4 Å². The Bertz CT molecular complexity index is 543. The summed E-state index contributed by atoms with van der Waals surface area (Å²) in [6.07, 6.45) is -0.571. The number of aliphatic hydroxyl groups excluding tert-OH is 1. The zero-order valence-corrected chi connectivity index (χ0v) is 11.7. The first-order valence-corrected chi connectivity index (χ1v) is 6.10. The zero-order valence-electron chi connectivity index (χ0n) is 10.9. The van der Waals surface area contributed by atoms with Crippen LogP contribution in [-0.2, 0) is 0 Å². The van der Waals surface area contributed by atoms with E-state index >= 15 is 0 Å². The summed E-state index contributed by atoms with van der Waals surface area (Å²) in [7, 11) is 0. The van der Waals surface area contributed by atoms with Crippen molar-refractivity contribution in [3.05, 3.63) is 39.7 Å². The van der Waals surface area contributed by atoms with E-state index < -0.39 is 28.4 Å². The molecule has 0 spiro atoms. The highest BCUT2D eigenvalue weighted by Crippen LogP contribution is 2.19. The maximum atomic E-state index is 13.1. The first-order valence-electron chi connectivity index (χ1n) is 6.10. The summed E-state index contributed by atoms with van der Waals surface area (Å²) in [6, 6.07) is 2.71. The van der Waals surface area contributed by atoms with E-state index in [1.165, 1.54) is 0 Å². The van der Waals surface area contributed by atoms with E-state index in [1.807, 2.05) is 0 Å². The van der Waals surface area contributed by atoms with Gasteiger partial charge in [-0.1, -0.05) is 0 Å². The standard InChI is InChI=1S/C12H14FN3O4.ClH/c13-8-1-2-10(16(19)20)9(3-8)12(18)15-5-7-4-14-6-11(7)17;/h1-3,7,11,14,17H,4-6H2,(H,15,18);1H. The summed E-state index contributed by atoms with van der Waals surface area (Å²) in [5.74, 6) is -1.61. The van der Waals surface area contributed by atoms with Gasteiger partial charge in [0, 0.05) is 31.6 Å². The second-order valence-corrected chi connectivity index (χ2v) is 4.61. The molecule has 0 aliphatic carbocycles. The number of hydrogen-bond donors (Lipinski definition) is 3. The molecule has 1 aromatic carbocycles. The smallest absolute Gasteiger partial charge is 0.282 e. The number of hydrogen-bond acceptors (Lipinski definition) is 5. The monoisotopic (exact) mass is 319 g/mol. The van der Waals surface area contributed by atoms with Gasteiger partial charge in [-0.25, -0.2) is 4.39 Å². The Hall–Kier alpha value is -1.77. The Morgan fingerprint density at radius 1 is 1.52 bits per heavy atom. The fourth-order valence-corrected chi connectivity index (χ4v) is 2.10. The predicted octanol–water partition coefficient (Wildman–Crippen LogP) is 0.466. The van der Waals surface area contributed by atoms with E-state index in [4.69, 9.17) is 0 Å². The summed E-state index contributed by atoms with van der Waals surface area (Å²) >= 11 is 0. The molecule has 1 amide bonds. The van der Waals surface area contributed by atoms with Crippen molar-refractivity contribution in [1.82, 2.24) is 10.6 Å². The van der Waals surface area contributed by atoms with Crippen LogP contribution in [-0.4, -0.2) is 41.7 Å². The van der Waals surface area contributed by atoms with Gasteiger partial charge in [0.25, 0.3) is 11.6 Å². The van der Waals surface area contributed by atoms with Crippen molar-refractivity contribution in [2.75, 3.05) is 19.6 Å². The molecule has 0 aromatic heterocycles. The summed E-state index contributed by atoms with van der Waals surface area (Å²) < 4.78 is 13.1. The van der Waals surface area contributed by atoms with Crippen LogP contribution in [0.2, 0.25) is 0 Å². The van der Waals surface area contributed by atoms with Gasteiger partial charge in [-0.2, -0.15) is 0 Å². The first-order chi connectivity index (χ1) is 9.49. The van der Waals surface area contributed by atoms with Crippen LogP contribution in [0.15, 0.2) is 18.2 Å². The topological polar surface area (TPSA) is 104 Å². The molecule has 1 heterocycles. The molecule has 21 heavy (non-hydrogen) atoms. The van der Waals surface area contributed by atoms with Crippen molar-refractivity contribution in [2.45, 2.75) is 6.10 Å². The summed E-state index contributed by atoms with van der Waals surface area (Å²) in [5, 5.41) is 25.8. The lowest BCUT2D eigenvalue weighted by atomic mass is 10.1. The number of nitrogens with zero attached hydrogens (tertiary/aromatic N) is 1. The van der Waals surface area contributed by atoms with E-state index in [-0.39, 0.29) is 30.4 Å². The maximum absolute atomic E-state index is 13.1. The lowest BCUT2D eigenvalue weighted by molar-refractivity contribution is -0.385.